The third-order valence-corrected chi connectivity index (χ3v) is 4.56. The highest BCUT2D eigenvalue weighted by atomic mass is 35.5. The number of carboxylic acids is 1. The van der Waals surface area contributed by atoms with Crippen LogP contribution in [0.5, 0.6) is 0 Å². The van der Waals surface area contributed by atoms with Crippen LogP contribution in [0.15, 0.2) is 53.3 Å². The molecule has 1 heterocycles. The molecule has 0 aliphatic heterocycles. The summed E-state index contributed by atoms with van der Waals surface area (Å²) in [6.07, 6.45) is -0.405. The van der Waals surface area contributed by atoms with E-state index in [1.54, 1.807) is 31.2 Å². The van der Waals surface area contributed by atoms with Crippen LogP contribution in [0.4, 0.5) is 4.39 Å². The van der Waals surface area contributed by atoms with Crippen molar-refractivity contribution in [1.82, 2.24) is 15.1 Å². The third kappa shape index (κ3) is 4.72. The van der Waals surface area contributed by atoms with E-state index in [4.69, 9.17) is 11.6 Å². The standard InChI is InChI=1S/C20H17ClFN3O4/c1-11-7-13(22)5-6-15(11)16(10-19(27)28)23-20(29)17-9-18(26)25(24-17)14-4-2-3-12(21)8-14/h2-9,16,24H,10H2,1H3,(H,23,29)(H,27,28). The number of hydrogen-bond donors (Lipinski definition) is 3. The molecule has 0 saturated carbocycles. The quantitative estimate of drug-likeness (QED) is 0.572. The van der Waals surface area contributed by atoms with E-state index in [0.717, 1.165) is 10.7 Å². The SMILES string of the molecule is Cc1cc(F)ccc1C(CC(=O)O)NC(=O)c1cc(=O)n(-c2cccc(Cl)c2)[nH]1. The average Bonchev–Trinajstić information content (AvgIpc) is 3.03. The van der Waals surface area contributed by atoms with E-state index < -0.39 is 35.7 Å². The zero-order valence-electron chi connectivity index (χ0n) is 15.3. The van der Waals surface area contributed by atoms with Gasteiger partial charge in [-0.3, -0.25) is 19.5 Å². The van der Waals surface area contributed by atoms with Crippen molar-refractivity contribution in [1.29, 1.82) is 0 Å². The molecule has 3 aromatic rings. The smallest absolute Gasteiger partial charge is 0.305 e. The number of aliphatic carboxylic acids is 1. The van der Waals surface area contributed by atoms with Gasteiger partial charge in [0.05, 0.1) is 18.2 Å². The third-order valence-electron chi connectivity index (χ3n) is 4.32. The second kappa shape index (κ2) is 8.32. The molecule has 0 bridgehead atoms. The van der Waals surface area contributed by atoms with E-state index in [0.29, 0.717) is 21.8 Å². The second-order valence-corrected chi connectivity index (χ2v) is 6.88. The normalized spacial score (nSPS) is 11.8. The van der Waals surface area contributed by atoms with Crippen molar-refractivity contribution in [3.8, 4) is 5.69 Å². The minimum Gasteiger partial charge on any atom is -0.481 e. The summed E-state index contributed by atoms with van der Waals surface area (Å²) in [5.74, 6) is -2.27. The zero-order chi connectivity index (χ0) is 21.1. The molecule has 0 fully saturated rings. The van der Waals surface area contributed by atoms with Gasteiger partial charge in [-0.15, -0.1) is 0 Å². The number of amides is 1. The molecule has 0 radical (unpaired) electrons. The monoisotopic (exact) mass is 417 g/mol. The van der Waals surface area contributed by atoms with Crippen molar-refractivity contribution in [3.63, 3.8) is 0 Å². The number of carboxylic acid groups (broad SMARTS) is 1. The molecule has 7 nitrogen and oxygen atoms in total. The molecule has 1 atom stereocenters. The Morgan fingerprint density at radius 3 is 2.66 bits per heavy atom. The number of carbonyl (C=O) groups is 2. The van der Waals surface area contributed by atoms with E-state index in [9.17, 15) is 23.9 Å². The predicted octanol–water partition coefficient (Wildman–Crippen LogP) is 3.21. The minimum absolute atomic E-state index is 0.0508. The van der Waals surface area contributed by atoms with Crippen molar-refractivity contribution >= 4 is 23.5 Å². The van der Waals surface area contributed by atoms with Gasteiger partial charge in [-0.1, -0.05) is 23.7 Å². The van der Waals surface area contributed by atoms with Crippen LogP contribution < -0.4 is 10.9 Å². The molecule has 2 aromatic carbocycles. The summed E-state index contributed by atoms with van der Waals surface area (Å²) in [6, 6.07) is 10.6. The number of rotatable bonds is 6. The number of nitrogens with zero attached hydrogens (tertiary/aromatic N) is 1. The van der Waals surface area contributed by atoms with Crippen molar-refractivity contribution in [3.05, 3.63) is 86.5 Å². The van der Waals surface area contributed by atoms with Gasteiger partial charge in [0, 0.05) is 11.1 Å². The van der Waals surface area contributed by atoms with E-state index in [1.165, 1.54) is 18.2 Å². The molecule has 0 aliphatic carbocycles. The van der Waals surface area contributed by atoms with Gasteiger partial charge in [0.1, 0.15) is 11.5 Å². The van der Waals surface area contributed by atoms with E-state index in [2.05, 4.69) is 10.4 Å². The van der Waals surface area contributed by atoms with Gasteiger partial charge < -0.3 is 10.4 Å². The first-order chi connectivity index (χ1) is 13.7. The fourth-order valence-corrected chi connectivity index (χ4v) is 3.18. The van der Waals surface area contributed by atoms with E-state index in [-0.39, 0.29) is 5.69 Å². The molecule has 0 saturated heterocycles. The largest absolute Gasteiger partial charge is 0.481 e. The summed E-state index contributed by atoms with van der Waals surface area (Å²) in [6.45, 7) is 1.62. The number of halogens is 2. The first-order valence-corrected chi connectivity index (χ1v) is 8.99. The Morgan fingerprint density at radius 1 is 1.24 bits per heavy atom. The lowest BCUT2D eigenvalue weighted by Crippen LogP contribution is -2.31. The fraction of sp³-hybridized carbons (Fsp3) is 0.150. The molecule has 0 aliphatic rings. The van der Waals surface area contributed by atoms with Crippen molar-refractivity contribution in [2.45, 2.75) is 19.4 Å². The maximum Gasteiger partial charge on any atom is 0.305 e. The Hall–Kier alpha value is -3.39. The number of hydrogen-bond acceptors (Lipinski definition) is 3. The molecular weight excluding hydrogens is 401 g/mol. The minimum atomic E-state index is -1.14. The van der Waals surface area contributed by atoms with Crippen molar-refractivity contribution in [2.75, 3.05) is 0 Å². The molecular formula is C20H17ClFN3O4. The van der Waals surface area contributed by atoms with Gasteiger partial charge in [0.15, 0.2) is 0 Å². The summed E-state index contributed by atoms with van der Waals surface area (Å²) in [4.78, 5) is 36.2. The maximum atomic E-state index is 13.4. The Balaban J connectivity index is 1.89. The lowest BCUT2D eigenvalue weighted by Gasteiger charge is -2.19. The number of aryl methyl sites for hydroxylation is 1. The van der Waals surface area contributed by atoms with Gasteiger partial charge in [0.2, 0.25) is 0 Å². The Morgan fingerprint density at radius 2 is 2.00 bits per heavy atom. The average molecular weight is 418 g/mol. The topological polar surface area (TPSA) is 104 Å². The molecule has 1 amide bonds. The molecule has 3 N–H and O–H groups in total. The van der Waals surface area contributed by atoms with Crippen molar-refractivity contribution in [2.24, 2.45) is 0 Å². The molecule has 3 rings (SSSR count). The van der Waals surface area contributed by atoms with Crippen LogP contribution in [0, 0.1) is 12.7 Å². The highest BCUT2D eigenvalue weighted by molar-refractivity contribution is 6.30. The van der Waals surface area contributed by atoms with Crippen LogP contribution in [0.25, 0.3) is 5.69 Å². The van der Waals surface area contributed by atoms with Crippen LogP contribution >= 0.6 is 11.6 Å². The Kier molecular flexibility index (Phi) is 5.84. The zero-order valence-corrected chi connectivity index (χ0v) is 16.0. The van der Waals surface area contributed by atoms with E-state index >= 15 is 0 Å². The van der Waals surface area contributed by atoms with Crippen LogP contribution in [0.1, 0.15) is 34.1 Å². The number of H-pyrrole nitrogens is 1. The maximum absolute atomic E-state index is 13.4. The van der Waals surface area contributed by atoms with Gasteiger partial charge in [0.25, 0.3) is 11.5 Å². The number of carbonyl (C=O) groups excluding carboxylic acids is 1. The van der Waals surface area contributed by atoms with Crippen LogP contribution in [-0.2, 0) is 4.79 Å². The second-order valence-electron chi connectivity index (χ2n) is 6.45. The summed E-state index contributed by atoms with van der Waals surface area (Å²) < 4.78 is 14.5. The molecule has 0 spiro atoms. The van der Waals surface area contributed by atoms with Crippen LogP contribution in [0.2, 0.25) is 5.02 Å². The first-order valence-electron chi connectivity index (χ1n) is 8.61. The molecule has 29 heavy (non-hydrogen) atoms. The fourth-order valence-electron chi connectivity index (χ4n) is 3.00. The molecule has 1 unspecified atom stereocenters. The highest BCUT2D eigenvalue weighted by Crippen LogP contribution is 2.22. The summed E-state index contributed by atoms with van der Waals surface area (Å²) in [5.41, 5.74) is 0.883. The number of aromatic amines is 1. The lowest BCUT2D eigenvalue weighted by atomic mass is 9.98. The van der Waals surface area contributed by atoms with Crippen molar-refractivity contribution < 1.29 is 19.1 Å². The predicted molar refractivity (Wildman–Crippen MR) is 105 cm³/mol. The van der Waals surface area contributed by atoms with Gasteiger partial charge in [-0.25, -0.2) is 9.07 Å². The Labute approximate surface area is 169 Å². The first kappa shape index (κ1) is 20.3. The van der Waals surface area contributed by atoms with Crippen LogP contribution in [-0.4, -0.2) is 26.8 Å². The van der Waals surface area contributed by atoms with Crippen LogP contribution in [0.3, 0.4) is 0 Å². The lowest BCUT2D eigenvalue weighted by molar-refractivity contribution is -0.137. The molecule has 1 aromatic heterocycles. The summed E-state index contributed by atoms with van der Waals surface area (Å²) >= 11 is 5.94. The number of nitrogens with one attached hydrogen (secondary N) is 2. The Bertz CT molecular complexity index is 1140. The summed E-state index contributed by atoms with van der Waals surface area (Å²) in [7, 11) is 0. The van der Waals surface area contributed by atoms with Gasteiger partial charge in [-0.2, -0.15) is 0 Å². The molecule has 9 heteroatoms. The summed E-state index contributed by atoms with van der Waals surface area (Å²) in [5, 5.41) is 14.9. The molecule has 150 valence electrons. The van der Waals surface area contributed by atoms with Gasteiger partial charge >= 0.3 is 5.97 Å². The number of aromatic nitrogens is 2. The number of benzene rings is 2. The van der Waals surface area contributed by atoms with E-state index in [1.807, 2.05) is 0 Å². The highest BCUT2D eigenvalue weighted by Gasteiger charge is 2.22. The van der Waals surface area contributed by atoms with Gasteiger partial charge in [-0.05, 0) is 48.4 Å².